The number of nitrogens with zero attached hydrogens (tertiary/aromatic N) is 2. The summed E-state index contributed by atoms with van der Waals surface area (Å²) >= 11 is 1.47. The van der Waals surface area contributed by atoms with Crippen LogP contribution in [0.15, 0.2) is 127 Å². The molecule has 4 atom stereocenters. The molecule has 6 rings (SSSR count). The molecule has 0 bridgehead atoms. The molecule has 0 radical (unpaired) electrons. The van der Waals surface area contributed by atoms with E-state index in [1.165, 1.54) is 18.0 Å². The van der Waals surface area contributed by atoms with Crippen molar-refractivity contribution in [2.24, 2.45) is 5.92 Å². The van der Waals surface area contributed by atoms with Gasteiger partial charge in [-0.05, 0) is 52.1 Å². The minimum atomic E-state index is -0.609. The lowest BCUT2D eigenvalue weighted by Gasteiger charge is -2.41. The van der Waals surface area contributed by atoms with Gasteiger partial charge in [0, 0.05) is 48.3 Å². The van der Waals surface area contributed by atoms with Gasteiger partial charge in [0.05, 0.1) is 24.4 Å². The van der Waals surface area contributed by atoms with Crippen molar-refractivity contribution in [2.45, 2.75) is 43.6 Å². The van der Waals surface area contributed by atoms with E-state index in [0.29, 0.717) is 22.9 Å². The molecule has 46 heavy (non-hydrogen) atoms. The summed E-state index contributed by atoms with van der Waals surface area (Å²) in [5.74, 6) is 0.425. The number of benzene rings is 3. The van der Waals surface area contributed by atoms with E-state index in [4.69, 9.17) is 9.47 Å². The van der Waals surface area contributed by atoms with Crippen LogP contribution in [0.1, 0.15) is 51.9 Å². The smallest absolute Gasteiger partial charge is 0.253 e. The van der Waals surface area contributed by atoms with E-state index in [9.17, 15) is 15.1 Å². The van der Waals surface area contributed by atoms with Crippen LogP contribution in [-0.4, -0.2) is 27.9 Å². The highest BCUT2D eigenvalue weighted by Gasteiger charge is 2.38. The number of amides is 1. The number of hydrogen-bond acceptors (Lipinski definition) is 7. The Bertz CT molecular complexity index is 1750. The predicted molar refractivity (Wildman–Crippen MR) is 176 cm³/mol. The summed E-state index contributed by atoms with van der Waals surface area (Å²) in [6, 6.07) is 32.9. The number of nitrogens with one attached hydrogen (secondary N) is 1. The number of thioether (sulfide) groups is 1. The van der Waals surface area contributed by atoms with Crippen LogP contribution in [0.2, 0.25) is 0 Å². The van der Waals surface area contributed by atoms with Crippen LogP contribution in [0.5, 0.6) is 0 Å². The molecular weight excluding hydrogens is 598 g/mol. The molecular formula is C37H35N3O5S. The lowest BCUT2D eigenvalue weighted by molar-refractivity contribution is -0.645. The van der Waals surface area contributed by atoms with Gasteiger partial charge in [0.25, 0.3) is 10.9 Å². The molecule has 1 aliphatic heterocycles. The average molecular weight is 634 g/mol. The fraction of sp³-hybridized carbons (Fsp3) is 0.216. The van der Waals surface area contributed by atoms with E-state index < -0.39 is 6.29 Å². The number of hydrogen-bond donors (Lipinski definition) is 2. The summed E-state index contributed by atoms with van der Waals surface area (Å²) in [4.78, 5) is 16.5. The first-order valence-corrected chi connectivity index (χ1v) is 16.2. The topological polar surface area (TPSA) is 108 Å². The highest BCUT2D eigenvalue weighted by molar-refractivity contribution is 7.99. The van der Waals surface area contributed by atoms with Crippen molar-refractivity contribution in [3.63, 3.8) is 0 Å². The summed E-state index contributed by atoms with van der Waals surface area (Å²) in [7, 11) is 0. The van der Waals surface area contributed by atoms with Gasteiger partial charge in [-0.3, -0.25) is 9.78 Å². The molecule has 1 fully saturated rings. The molecule has 5 aromatic rings. The molecule has 1 aliphatic rings. The van der Waals surface area contributed by atoms with Crippen LogP contribution in [0, 0.1) is 11.1 Å². The zero-order chi connectivity index (χ0) is 31.9. The van der Waals surface area contributed by atoms with Gasteiger partial charge in [0.15, 0.2) is 12.5 Å². The second kappa shape index (κ2) is 14.7. The molecule has 234 valence electrons. The second-order valence-corrected chi connectivity index (χ2v) is 12.3. The molecule has 0 unspecified atom stereocenters. The number of carbonyl (C=O) groups is 1. The highest BCUT2D eigenvalue weighted by Crippen LogP contribution is 2.43. The first kappa shape index (κ1) is 31.4. The molecule has 8 nitrogen and oxygen atoms in total. The Morgan fingerprint density at radius 1 is 0.913 bits per heavy atom. The monoisotopic (exact) mass is 633 g/mol. The third kappa shape index (κ3) is 7.46. The Labute approximate surface area is 272 Å². The van der Waals surface area contributed by atoms with Gasteiger partial charge in [-0.2, -0.15) is 4.73 Å². The Morgan fingerprint density at radius 3 is 2.46 bits per heavy atom. The molecule has 3 heterocycles. The van der Waals surface area contributed by atoms with Crippen molar-refractivity contribution >= 4 is 17.7 Å². The molecule has 9 heteroatoms. The SMILES string of the molecule is C[C@@H]1[C@H](CSc2cccc[n+]2[O-])O[C@H](c2ccc(-c3cccc(CNC(=O)c4cccnc4)c3)cc2)O[C@@H]1c1ccc(CO)cc1. The van der Waals surface area contributed by atoms with E-state index in [-0.39, 0.29) is 30.6 Å². The summed E-state index contributed by atoms with van der Waals surface area (Å²) in [6.07, 6.45) is 3.65. The lowest BCUT2D eigenvalue weighted by Crippen LogP contribution is -2.39. The minimum Gasteiger partial charge on any atom is -0.618 e. The fourth-order valence-corrected chi connectivity index (χ4v) is 6.56. The zero-order valence-corrected chi connectivity index (χ0v) is 26.2. The Kier molecular flexibility index (Phi) is 10.0. The van der Waals surface area contributed by atoms with Crippen molar-refractivity contribution in [3.05, 3.63) is 155 Å². The van der Waals surface area contributed by atoms with Crippen LogP contribution in [-0.2, 0) is 22.6 Å². The largest absolute Gasteiger partial charge is 0.618 e. The van der Waals surface area contributed by atoms with E-state index >= 15 is 0 Å². The molecule has 0 aliphatic carbocycles. The number of carbonyl (C=O) groups excluding carboxylic acids is 1. The van der Waals surface area contributed by atoms with E-state index in [2.05, 4.69) is 23.3 Å². The molecule has 3 aromatic carbocycles. The lowest BCUT2D eigenvalue weighted by atomic mass is 9.91. The van der Waals surface area contributed by atoms with Gasteiger partial charge in [-0.15, -0.1) is 0 Å². The number of ether oxygens (including phenoxy) is 2. The van der Waals surface area contributed by atoms with Crippen LogP contribution in [0.4, 0.5) is 0 Å². The predicted octanol–water partition coefficient (Wildman–Crippen LogP) is 6.39. The Hall–Kier alpha value is -4.54. The van der Waals surface area contributed by atoms with Crippen LogP contribution >= 0.6 is 11.8 Å². The average Bonchev–Trinajstić information content (AvgIpc) is 3.11. The van der Waals surface area contributed by atoms with Crippen molar-refractivity contribution in [1.29, 1.82) is 0 Å². The number of pyridine rings is 2. The number of aliphatic hydroxyl groups excluding tert-OH is 1. The maximum atomic E-state index is 12.5. The van der Waals surface area contributed by atoms with Gasteiger partial charge >= 0.3 is 0 Å². The number of aromatic nitrogens is 2. The minimum absolute atomic E-state index is 0.00759. The molecule has 2 aromatic heterocycles. The number of rotatable bonds is 10. The van der Waals surface area contributed by atoms with Gasteiger partial charge in [0.1, 0.15) is 0 Å². The molecule has 0 spiro atoms. The van der Waals surface area contributed by atoms with Crippen LogP contribution in [0.25, 0.3) is 11.1 Å². The van der Waals surface area contributed by atoms with Gasteiger partial charge in [0.2, 0.25) is 0 Å². The third-order valence-electron chi connectivity index (χ3n) is 8.13. The summed E-state index contributed by atoms with van der Waals surface area (Å²) in [5, 5.41) is 25.4. The second-order valence-electron chi connectivity index (χ2n) is 11.2. The zero-order valence-electron chi connectivity index (χ0n) is 25.4. The van der Waals surface area contributed by atoms with Gasteiger partial charge in [-0.1, -0.05) is 85.4 Å². The summed E-state index contributed by atoms with van der Waals surface area (Å²) in [6.45, 7) is 2.49. The summed E-state index contributed by atoms with van der Waals surface area (Å²) in [5.41, 5.74) is 6.31. The maximum absolute atomic E-state index is 12.5. The Morgan fingerprint density at radius 2 is 1.72 bits per heavy atom. The highest BCUT2D eigenvalue weighted by atomic mass is 32.2. The molecule has 1 saturated heterocycles. The van der Waals surface area contributed by atoms with Crippen molar-refractivity contribution in [1.82, 2.24) is 10.3 Å². The molecule has 1 amide bonds. The Balaban J connectivity index is 1.18. The fourth-order valence-electron chi connectivity index (χ4n) is 5.48. The van der Waals surface area contributed by atoms with Crippen LogP contribution < -0.4 is 10.0 Å². The molecule has 0 saturated carbocycles. The summed E-state index contributed by atoms with van der Waals surface area (Å²) < 4.78 is 14.0. The maximum Gasteiger partial charge on any atom is 0.253 e. The van der Waals surface area contributed by atoms with Crippen LogP contribution in [0.3, 0.4) is 0 Å². The normalized spacial score (nSPS) is 19.4. The standard InChI is InChI=1S/C37H35N3O5S/c1-25-33(24-46-34-9-2-3-19-40(34)43)44-37(45-35(25)29-12-10-26(23-41)11-13-29)30-16-14-28(15-17-30)31-7-4-6-27(20-31)21-39-36(42)32-8-5-18-38-22-32/h2-20,22,25,33,35,37,41H,21,23-24H2,1H3,(H,39,42)/t25-,33+,35+,37+/m1/s1. The third-order valence-corrected chi connectivity index (χ3v) is 9.23. The van der Waals surface area contributed by atoms with Gasteiger partial charge in [-0.25, -0.2) is 0 Å². The first-order chi connectivity index (χ1) is 22.5. The van der Waals surface area contributed by atoms with E-state index in [1.54, 1.807) is 30.6 Å². The quantitative estimate of drug-likeness (QED) is 0.104. The van der Waals surface area contributed by atoms with Crippen molar-refractivity contribution in [2.75, 3.05) is 5.75 Å². The molecule has 2 N–H and O–H groups in total. The van der Waals surface area contributed by atoms with E-state index in [0.717, 1.165) is 38.1 Å². The van der Waals surface area contributed by atoms with Crippen molar-refractivity contribution in [3.8, 4) is 11.1 Å². The van der Waals surface area contributed by atoms with Crippen molar-refractivity contribution < 1.29 is 24.1 Å². The van der Waals surface area contributed by atoms with E-state index in [1.807, 2.05) is 78.9 Å². The van der Waals surface area contributed by atoms with Gasteiger partial charge < -0.3 is 25.1 Å². The first-order valence-electron chi connectivity index (χ1n) is 15.2. The number of aliphatic hydroxyl groups is 1.